The van der Waals surface area contributed by atoms with Crippen LogP contribution in [0.3, 0.4) is 0 Å². The smallest absolute Gasteiger partial charge is 0.305 e. The van der Waals surface area contributed by atoms with Crippen molar-refractivity contribution in [3.8, 4) is 0 Å². The van der Waals surface area contributed by atoms with Crippen molar-refractivity contribution < 1.29 is 19.4 Å². The highest BCUT2D eigenvalue weighted by atomic mass is 16.5. The van der Waals surface area contributed by atoms with Crippen LogP contribution in [-0.4, -0.2) is 36.2 Å². The number of aliphatic carboxylic acids is 1. The molecule has 2 N–H and O–H groups in total. The summed E-state index contributed by atoms with van der Waals surface area (Å²) in [5.41, 5.74) is 0. The van der Waals surface area contributed by atoms with Gasteiger partial charge in [-0.3, -0.25) is 9.59 Å². The van der Waals surface area contributed by atoms with E-state index in [4.69, 9.17) is 9.84 Å². The third-order valence-electron chi connectivity index (χ3n) is 2.35. The van der Waals surface area contributed by atoms with Crippen LogP contribution < -0.4 is 5.32 Å². The highest BCUT2D eigenvalue weighted by Crippen LogP contribution is 2.20. The van der Waals surface area contributed by atoms with Gasteiger partial charge in [0.05, 0.1) is 18.4 Å². The minimum Gasteiger partial charge on any atom is -0.481 e. The van der Waals surface area contributed by atoms with Crippen LogP contribution in [-0.2, 0) is 14.3 Å². The molecule has 0 bridgehead atoms. The number of hydrogen-bond acceptors (Lipinski definition) is 3. The largest absolute Gasteiger partial charge is 0.481 e. The van der Waals surface area contributed by atoms with Crippen molar-refractivity contribution in [3.63, 3.8) is 0 Å². The SMILES string of the molecule is CC1OCCC1C(=O)NCCC(=O)O. The second kappa shape index (κ2) is 4.95. The van der Waals surface area contributed by atoms with E-state index >= 15 is 0 Å². The van der Waals surface area contributed by atoms with Crippen molar-refractivity contribution in [2.24, 2.45) is 5.92 Å². The summed E-state index contributed by atoms with van der Waals surface area (Å²) in [6.45, 7) is 2.66. The summed E-state index contributed by atoms with van der Waals surface area (Å²) in [6, 6.07) is 0. The molecule has 1 aliphatic rings. The number of rotatable bonds is 4. The maximum atomic E-state index is 11.5. The highest BCUT2D eigenvalue weighted by Gasteiger charge is 2.30. The molecule has 1 rings (SSSR count). The van der Waals surface area contributed by atoms with Crippen LogP contribution in [0.5, 0.6) is 0 Å². The molecule has 0 aromatic carbocycles. The lowest BCUT2D eigenvalue weighted by molar-refractivity contribution is -0.137. The van der Waals surface area contributed by atoms with Gasteiger partial charge in [-0.2, -0.15) is 0 Å². The van der Waals surface area contributed by atoms with Gasteiger partial charge < -0.3 is 15.2 Å². The number of carbonyl (C=O) groups excluding carboxylic acids is 1. The molecular weight excluding hydrogens is 186 g/mol. The van der Waals surface area contributed by atoms with Crippen LogP contribution in [0.4, 0.5) is 0 Å². The quantitative estimate of drug-likeness (QED) is 0.671. The Hall–Kier alpha value is -1.10. The Kier molecular flexibility index (Phi) is 3.88. The third kappa shape index (κ3) is 2.99. The van der Waals surface area contributed by atoms with Gasteiger partial charge >= 0.3 is 5.97 Å². The molecule has 0 radical (unpaired) electrons. The number of carbonyl (C=O) groups is 2. The second-order valence-electron chi connectivity index (χ2n) is 3.41. The Morgan fingerprint density at radius 1 is 1.57 bits per heavy atom. The first-order chi connectivity index (χ1) is 6.61. The molecule has 2 unspecified atom stereocenters. The Morgan fingerprint density at radius 2 is 2.29 bits per heavy atom. The van der Waals surface area contributed by atoms with Gasteiger partial charge in [0.2, 0.25) is 5.91 Å². The first-order valence-corrected chi connectivity index (χ1v) is 4.72. The van der Waals surface area contributed by atoms with E-state index in [0.29, 0.717) is 6.61 Å². The van der Waals surface area contributed by atoms with Crippen molar-refractivity contribution in [2.45, 2.75) is 25.9 Å². The molecule has 0 aromatic rings. The summed E-state index contributed by atoms with van der Waals surface area (Å²) in [5.74, 6) is -1.12. The van der Waals surface area contributed by atoms with E-state index in [2.05, 4.69) is 5.32 Å². The van der Waals surface area contributed by atoms with Crippen LogP contribution in [0.1, 0.15) is 19.8 Å². The third-order valence-corrected chi connectivity index (χ3v) is 2.35. The van der Waals surface area contributed by atoms with Crippen LogP contribution in [0, 0.1) is 5.92 Å². The van der Waals surface area contributed by atoms with Gasteiger partial charge in [-0.1, -0.05) is 0 Å². The molecule has 1 amide bonds. The number of ether oxygens (including phenoxy) is 1. The van der Waals surface area contributed by atoms with E-state index in [1.54, 1.807) is 0 Å². The van der Waals surface area contributed by atoms with E-state index in [1.165, 1.54) is 0 Å². The molecule has 1 heterocycles. The Balaban J connectivity index is 2.24. The molecule has 0 spiro atoms. The van der Waals surface area contributed by atoms with Gasteiger partial charge in [0.1, 0.15) is 0 Å². The molecule has 0 saturated carbocycles. The number of hydrogen-bond donors (Lipinski definition) is 2. The molecule has 5 nitrogen and oxygen atoms in total. The molecule has 2 atom stereocenters. The van der Waals surface area contributed by atoms with E-state index in [1.807, 2.05) is 6.92 Å². The minimum atomic E-state index is -0.902. The maximum Gasteiger partial charge on any atom is 0.305 e. The van der Waals surface area contributed by atoms with Crippen molar-refractivity contribution >= 4 is 11.9 Å². The van der Waals surface area contributed by atoms with E-state index in [9.17, 15) is 9.59 Å². The minimum absolute atomic E-state index is 0.0340. The number of nitrogens with one attached hydrogen (secondary N) is 1. The first-order valence-electron chi connectivity index (χ1n) is 4.72. The summed E-state index contributed by atoms with van der Waals surface area (Å²) in [6.07, 6.45) is 0.633. The normalized spacial score (nSPS) is 26.1. The standard InChI is InChI=1S/C9H15NO4/c1-6-7(3-5-14-6)9(13)10-4-2-8(11)12/h6-7H,2-5H2,1H3,(H,10,13)(H,11,12). The molecule has 0 aromatic heterocycles. The topological polar surface area (TPSA) is 75.6 Å². The summed E-state index contributed by atoms with van der Waals surface area (Å²) in [7, 11) is 0. The van der Waals surface area contributed by atoms with Crippen molar-refractivity contribution in [1.82, 2.24) is 5.32 Å². The first kappa shape index (κ1) is 11.0. The Morgan fingerprint density at radius 3 is 2.79 bits per heavy atom. The van der Waals surface area contributed by atoms with Crippen molar-refractivity contribution in [1.29, 1.82) is 0 Å². The Bertz CT molecular complexity index is 229. The molecule has 14 heavy (non-hydrogen) atoms. The lowest BCUT2D eigenvalue weighted by Gasteiger charge is -2.13. The fourth-order valence-corrected chi connectivity index (χ4v) is 1.50. The molecular formula is C9H15NO4. The van der Waals surface area contributed by atoms with Gasteiger partial charge in [-0.05, 0) is 13.3 Å². The van der Waals surface area contributed by atoms with Crippen LogP contribution in [0.25, 0.3) is 0 Å². The molecule has 5 heteroatoms. The fourth-order valence-electron chi connectivity index (χ4n) is 1.50. The number of amides is 1. The summed E-state index contributed by atoms with van der Waals surface area (Å²) >= 11 is 0. The monoisotopic (exact) mass is 201 g/mol. The number of carboxylic acids is 1. The predicted molar refractivity (Wildman–Crippen MR) is 48.8 cm³/mol. The van der Waals surface area contributed by atoms with Gasteiger partial charge in [0, 0.05) is 13.2 Å². The van der Waals surface area contributed by atoms with Gasteiger partial charge in [-0.15, -0.1) is 0 Å². The second-order valence-corrected chi connectivity index (χ2v) is 3.41. The lowest BCUT2D eigenvalue weighted by Crippen LogP contribution is -2.35. The van der Waals surface area contributed by atoms with Crippen molar-refractivity contribution in [2.75, 3.05) is 13.2 Å². The van der Waals surface area contributed by atoms with E-state index < -0.39 is 5.97 Å². The van der Waals surface area contributed by atoms with Crippen molar-refractivity contribution in [3.05, 3.63) is 0 Å². The molecule has 0 aliphatic carbocycles. The zero-order valence-electron chi connectivity index (χ0n) is 8.16. The molecule has 1 saturated heterocycles. The summed E-state index contributed by atoms with van der Waals surface area (Å²) in [5, 5.41) is 11.0. The lowest BCUT2D eigenvalue weighted by atomic mass is 10.0. The Labute approximate surface area is 82.4 Å². The molecule has 80 valence electrons. The average molecular weight is 201 g/mol. The van der Waals surface area contributed by atoms with Gasteiger partial charge in [0.15, 0.2) is 0 Å². The zero-order valence-corrected chi connectivity index (χ0v) is 8.16. The van der Waals surface area contributed by atoms with Gasteiger partial charge in [0.25, 0.3) is 0 Å². The maximum absolute atomic E-state index is 11.5. The molecule has 1 fully saturated rings. The van der Waals surface area contributed by atoms with Crippen LogP contribution in [0.15, 0.2) is 0 Å². The number of carboxylic acid groups (broad SMARTS) is 1. The van der Waals surface area contributed by atoms with Crippen LogP contribution >= 0.6 is 0 Å². The zero-order chi connectivity index (χ0) is 10.6. The van der Waals surface area contributed by atoms with E-state index in [0.717, 1.165) is 6.42 Å². The highest BCUT2D eigenvalue weighted by molar-refractivity contribution is 5.80. The molecule has 1 aliphatic heterocycles. The summed E-state index contributed by atoms with van der Waals surface area (Å²) in [4.78, 5) is 21.6. The predicted octanol–water partition coefficient (Wildman–Crippen LogP) is 0.00230. The van der Waals surface area contributed by atoms with Gasteiger partial charge in [-0.25, -0.2) is 0 Å². The van der Waals surface area contributed by atoms with E-state index in [-0.39, 0.29) is 30.9 Å². The fraction of sp³-hybridized carbons (Fsp3) is 0.778. The van der Waals surface area contributed by atoms with Crippen LogP contribution in [0.2, 0.25) is 0 Å². The average Bonchev–Trinajstić information content (AvgIpc) is 2.50. The summed E-state index contributed by atoms with van der Waals surface area (Å²) < 4.78 is 5.24.